The lowest BCUT2D eigenvalue weighted by Gasteiger charge is -2.18. The minimum atomic E-state index is -0.415. The Balaban J connectivity index is 4.31. The summed E-state index contributed by atoms with van der Waals surface area (Å²) in [5, 5.41) is 0. The SMILES string of the molecule is CCCCCCCCCCCC(=O)OCCC(CCOC(=O)CCCCCCCCCCC)OC(=O)CCCCCCCCCCC. The molecule has 0 unspecified atom stereocenters. The average molecular weight is 667 g/mol. The van der Waals surface area contributed by atoms with E-state index in [1.54, 1.807) is 0 Å². The second-order valence-corrected chi connectivity index (χ2v) is 13.9. The lowest BCUT2D eigenvalue weighted by atomic mass is 10.1. The Labute approximate surface area is 291 Å². The summed E-state index contributed by atoms with van der Waals surface area (Å²) < 4.78 is 16.8. The number of unbranched alkanes of at least 4 members (excludes halogenated alkanes) is 24. The van der Waals surface area contributed by atoms with Crippen molar-refractivity contribution in [2.75, 3.05) is 13.2 Å². The highest BCUT2D eigenvalue weighted by molar-refractivity contribution is 5.70. The second kappa shape index (κ2) is 37.2. The zero-order chi connectivity index (χ0) is 34.5. The molecule has 6 nitrogen and oxygen atoms in total. The number of esters is 3. The minimum absolute atomic E-state index is 0.180. The second-order valence-electron chi connectivity index (χ2n) is 13.9. The van der Waals surface area contributed by atoms with Gasteiger partial charge in [-0.1, -0.05) is 175 Å². The van der Waals surface area contributed by atoms with E-state index in [2.05, 4.69) is 20.8 Å². The molecular formula is C41H78O6. The van der Waals surface area contributed by atoms with Gasteiger partial charge in [-0.3, -0.25) is 14.4 Å². The van der Waals surface area contributed by atoms with Gasteiger partial charge in [0.15, 0.2) is 0 Å². The first-order valence-electron chi connectivity index (χ1n) is 20.5. The minimum Gasteiger partial charge on any atom is -0.466 e. The summed E-state index contributed by atoms with van der Waals surface area (Å²) in [6.07, 6.45) is 34.3. The fourth-order valence-corrected chi connectivity index (χ4v) is 6.00. The Morgan fingerprint density at radius 3 is 0.915 bits per heavy atom. The van der Waals surface area contributed by atoms with E-state index in [4.69, 9.17) is 14.2 Å². The molecule has 0 fully saturated rings. The van der Waals surface area contributed by atoms with E-state index >= 15 is 0 Å². The zero-order valence-electron chi connectivity index (χ0n) is 31.6. The van der Waals surface area contributed by atoms with E-state index in [0.717, 1.165) is 44.9 Å². The van der Waals surface area contributed by atoms with E-state index in [1.165, 1.54) is 128 Å². The van der Waals surface area contributed by atoms with Crippen molar-refractivity contribution in [1.82, 2.24) is 0 Å². The molecule has 0 spiro atoms. The number of rotatable bonds is 37. The zero-order valence-corrected chi connectivity index (χ0v) is 31.6. The molecular weight excluding hydrogens is 588 g/mol. The number of hydrogen-bond acceptors (Lipinski definition) is 6. The smallest absolute Gasteiger partial charge is 0.306 e. The Hall–Kier alpha value is -1.59. The van der Waals surface area contributed by atoms with E-state index in [0.29, 0.717) is 32.1 Å². The number of ether oxygens (including phenoxy) is 3. The maximum Gasteiger partial charge on any atom is 0.306 e. The molecule has 0 aromatic rings. The summed E-state index contributed by atoms with van der Waals surface area (Å²) in [5.74, 6) is -0.569. The van der Waals surface area contributed by atoms with E-state index < -0.39 is 6.10 Å². The van der Waals surface area contributed by atoms with Crippen LogP contribution >= 0.6 is 0 Å². The third-order valence-electron chi connectivity index (χ3n) is 9.16. The summed E-state index contributed by atoms with van der Waals surface area (Å²) in [4.78, 5) is 37.2. The van der Waals surface area contributed by atoms with Crippen molar-refractivity contribution < 1.29 is 28.6 Å². The fourth-order valence-electron chi connectivity index (χ4n) is 6.00. The monoisotopic (exact) mass is 667 g/mol. The van der Waals surface area contributed by atoms with E-state index in [9.17, 15) is 14.4 Å². The summed E-state index contributed by atoms with van der Waals surface area (Å²) in [7, 11) is 0. The van der Waals surface area contributed by atoms with Crippen LogP contribution in [0.25, 0.3) is 0 Å². The quantitative estimate of drug-likeness (QED) is 0.0373. The molecule has 0 N–H and O–H groups in total. The molecule has 0 saturated carbocycles. The lowest BCUT2D eigenvalue weighted by Crippen LogP contribution is -2.23. The number of carbonyl (C=O) groups excluding carboxylic acids is 3. The molecule has 0 bridgehead atoms. The molecule has 0 amide bonds. The van der Waals surface area contributed by atoms with Gasteiger partial charge < -0.3 is 14.2 Å². The van der Waals surface area contributed by atoms with Crippen LogP contribution in [0.15, 0.2) is 0 Å². The van der Waals surface area contributed by atoms with Crippen LogP contribution in [0.5, 0.6) is 0 Å². The highest BCUT2D eigenvalue weighted by Crippen LogP contribution is 2.15. The Morgan fingerprint density at radius 1 is 0.362 bits per heavy atom. The van der Waals surface area contributed by atoms with Crippen molar-refractivity contribution >= 4 is 17.9 Å². The topological polar surface area (TPSA) is 78.9 Å². The molecule has 0 rings (SSSR count). The van der Waals surface area contributed by atoms with Gasteiger partial charge in [-0.15, -0.1) is 0 Å². The van der Waals surface area contributed by atoms with Crippen LogP contribution < -0.4 is 0 Å². The Morgan fingerprint density at radius 2 is 0.617 bits per heavy atom. The molecule has 0 heterocycles. The van der Waals surface area contributed by atoms with Gasteiger partial charge in [-0.05, 0) is 19.3 Å². The predicted octanol–water partition coefficient (Wildman–Crippen LogP) is 12.5. The van der Waals surface area contributed by atoms with Crippen molar-refractivity contribution in [2.45, 2.75) is 232 Å². The maximum atomic E-state index is 12.6. The first-order chi connectivity index (χ1) is 23.0. The van der Waals surface area contributed by atoms with Gasteiger partial charge >= 0.3 is 17.9 Å². The molecule has 0 atom stereocenters. The Bertz CT molecular complexity index is 653. The third kappa shape index (κ3) is 35.5. The van der Waals surface area contributed by atoms with Gasteiger partial charge in [0.05, 0.1) is 13.2 Å². The first-order valence-corrected chi connectivity index (χ1v) is 20.5. The van der Waals surface area contributed by atoms with Crippen LogP contribution in [0.3, 0.4) is 0 Å². The standard InChI is InChI=1S/C41H78O6/c1-4-7-10-13-16-19-22-25-28-31-39(42)45-36-34-38(47-41(44)33-30-27-24-21-18-15-12-9-6-3)35-37-46-40(43)32-29-26-23-20-17-14-11-8-5-2/h38H,4-37H2,1-3H3. The van der Waals surface area contributed by atoms with Crippen LogP contribution in [0.2, 0.25) is 0 Å². The van der Waals surface area contributed by atoms with Gasteiger partial charge in [0.1, 0.15) is 6.10 Å². The molecule has 0 aliphatic carbocycles. The molecule has 0 saturated heterocycles. The van der Waals surface area contributed by atoms with Gasteiger partial charge in [0.2, 0.25) is 0 Å². The summed E-state index contributed by atoms with van der Waals surface area (Å²) in [6, 6.07) is 0. The van der Waals surface area contributed by atoms with Gasteiger partial charge in [-0.25, -0.2) is 0 Å². The van der Waals surface area contributed by atoms with Crippen LogP contribution in [-0.4, -0.2) is 37.2 Å². The first kappa shape index (κ1) is 45.4. The van der Waals surface area contributed by atoms with Crippen molar-refractivity contribution in [3.63, 3.8) is 0 Å². The van der Waals surface area contributed by atoms with Crippen molar-refractivity contribution in [3.05, 3.63) is 0 Å². The maximum absolute atomic E-state index is 12.6. The summed E-state index contributed by atoms with van der Waals surface area (Å²) >= 11 is 0. The molecule has 278 valence electrons. The highest BCUT2D eigenvalue weighted by Gasteiger charge is 2.17. The number of hydrogen-bond donors (Lipinski definition) is 0. The lowest BCUT2D eigenvalue weighted by molar-refractivity contribution is -0.153. The molecule has 6 heteroatoms. The van der Waals surface area contributed by atoms with Gasteiger partial charge in [0.25, 0.3) is 0 Å². The van der Waals surface area contributed by atoms with Gasteiger partial charge in [0, 0.05) is 32.1 Å². The van der Waals surface area contributed by atoms with Crippen molar-refractivity contribution in [2.24, 2.45) is 0 Å². The van der Waals surface area contributed by atoms with Gasteiger partial charge in [-0.2, -0.15) is 0 Å². The normalized spacial score (nSPS) is 11.2. The average Bonchev–Trinajstić information content (AvgIpc) is 3.06. The van der Waals surface area contributed by atoms with Crippen LogP contribution in [0.1, 0.15) is 226 Å². The summed E-state index contributed by atoms with van der Waals surface area (Å²) in [5.41, 5.74) is 0. The third-order valence-corrected chi connectivity index (χ3v) is 9.16. The van der Waals surface area contributed by atoms with Crippen molar-refractivity contribution in [3.8, 4) is 0 Å². The van der Waals surface area contributed by atoms with Crippen LogP contribution in [-0.2, 0) is 28.6 Å². The predicted molar refractivity (Wildman–Crippen MR) is 197 cm³/mol. The molecule has 0 aliphatic heterocycles. The fraction of sp³-hybridized carbons (Fsp3) is 0.927. The van der Waals surface area contributed by atoms with Crippen molar-refractivity contribution in [1.29, 1.82) is 0 Å². The van der Waals surface area contributed by atoms with E-state index in [-0.39, 0.29) is 31.1 Å². The molecule has 0 aromatic heterocycles. The highest BCUT2D eigenvalue weighted by atomic mass is 16.6. The number of carbonyl (C=O) groups is 3. The molecule has 0 aliphatic rings. The molecule has 47 heavy (non-hydrogen) atoms. The molecule has 0 aromatic carbocycles. The van der Waals surface area contributed by atoms with Crippen LogP contribution in [0, 0.1) is 0 Å². The van der Waals surface area contributed by atoms with E-state index in [1.807, 2.05) is 0 Å². The van der Waals surface area contributed by atoms with Crippen LogP contribution in [0.4, 0.5) is 0 Å². The molecule has 0 radical (unpaired) electrons. The largest absolute Gasteiger partial charge is 0.466 e. The Kier molecular flexibility index (Phi) is 36.0. The summed E-state index contributed by atoms with van der Waals surface area (Å²) in [6.45, 7) is 7.16.